The highest BCUT2D eigenvalue weighted by molar-refractivity contribution is 6.08. The van der Waals surface area contributed by atoms with Crippen LogP contribution in [0.15, 0.2) is 54.6 Å². The number of nitrogens with zero attached hydrogens (tertiary/aromatic N) is 3. The molecule has 1 aliphatic heterocycles. The molecular weight excluding hydrogens is 454 g/mol. The Morgan fingerprint density at radius 3 is 2.29 bits per heavy atom. The first kappa shape index (κ1) is 23.6. The zero-order valence-electron chi connectivity index (χ0n) is 18.0. The SMILES string of the molecule is O=C(CCN1CCN(c2ccc(C(F)(F)F)cc2[N+](=O)[O-])CC1)c1ccc(F)c2ccccc12. The summed E-state index contributed by atoms with van der Waals surface area (Å²) in [5.41, 5.74) is -1.04. The first-order valence-corrected chi connectivity index (χ1v) is 10.7. The summed E-state index contributed by atoms with van der Waals surface area (Å²) in [6, 6.07) is 12.1. The lowest BCUT2D eigenvalue weighted by Gasteiger charge is -2.35. The van der Waals surface area contributed by atoms with Gasteiger partial charge in [0.05, 0.1) is 10.5 Å². The van der Waals surface area contributed by atoms with Crippen molar-refractivity contribution in [2.75, 3.05) is 37.6 Å². The van der Waals surface area contributed by atoms with Gasteiger partial charge in [-0.2, -0.15) is 13.2 Å². The van der Waals surface area contributed by atoms with Gasteiger partial charge in [-0.3, -0.25) is 19.8 Å². The summed E-state index contributed by atoms with van der Waals surface area (Å²) >= 11 is 0. The van der Waals surface area contributed by atoms with Gasteiger partial charge in [-0.05, 0) is 29.7 Å². The van der Waals surface area contributed by atoms with Crippen molar-refractivity contribution in [3.63, 3.8) is 0 Å². The minimum atomic E-state index is -4.66. The van der Waals surface area contributed by atoms with Crippen LogP contribution >= 0.6 is 0 Å². The lowest BCUT2D eigenvalue weighted by molar-refractivity contribution is -0.384. The van der Waals surface area contributed by atoms with E-state index in [0.717, 1.165) is 12.1 Å². The fourth-order valence-electron chi connectivity index (χ4n) is 4.23. The Balaban J connectivity index is 1.39. The molecule has 0 amide bonds. The number of fused-ring (bicyclic) bond motifs is 1. The monoisotopic (exact) mass is 475 g/mol. The quantitative estimate of drug-likeness (QED) is 0.210. The van der Waals surface area contributed by atoms with Gasteiger partial charge in [-0.25, -0.2) is 4.39 Å². The van der Waals surface area contributed by atoms with Gasteiger partial charge < -0.3 is 4.90 Å². The highest BCUT2D eigenvalue weighted by atomic mass is 19.4. The van der Waals surface area contributed by atoms with Crippen LogP contribution in [0, 0.1) is 15.9 Å². The molecule has 0 bridgehead atoms. The summed E-state index contributed by atoms with van der Waals surface area (Å²) < 4.78 is 52.9. The Bertz CT molecular complexity index is 1240. The Morgan fingerprint density at radius 1 is 0.971 bits per heavy atom. The van der Waals surface area contributed by atoms with Gasteiger partial charge in [0.1, 0.15) is 11.5 Å². The van der Waals surface area contributed by atoms with E-state index in [2.05, 4.69) is 0 Å². The zero-order chi connectivity index (χ0) is 24.5. The van der Waals surface area contributed by atoms with Crippen molar-refractivity contribution in [3.05, 3.63) is 81.7 Å². The van der Waals surface area contributed by atoms with Crippen molar-refractivity contribution in [2.24, 2.45) is 0 Å². The van der Waals surface area contributed by atoms with Crippen LogP contribution in [-0.2, 0) is 6.18 Å². The van der Waals surface area contributed by atoms with Crippen LogP contribution in [-0.4, -0.2) is 48.3 Å². The highest BCUT2D eigenvalue weighted by Gasteiger charge is 2.34. The standard InChI is InChI=1S/C24H21F4N3O3/c25-20-7-6-19(17-3-1-2-4-18(17)20)23(32)9-10-29-11-13-30(14-12-29)21-8-5-16(24(26,27)28)15-22(21)31(33)34/h1-8,15H,9-14H2. The average Bonchev–Trinajstić information content (AvgIpc) is 2.82. The van der Waals surface area contributed by atoms with Gasteiger partial charge in [-0.15, -0.1) is 0 Å². The molecule has 3 aromatic rings. The minimum absolute atomic E-state index is 0.114. The second-order valence-corrected chi connectivity index (χ2v) is 8.10. The fourth-order valence-corrected chi connectivity index (χ4v) is 4.23. The maximum atomic E-state index is 14.0. The number of piperazine rings is 1. The summed E-state index contributed by atoms with van der Waals surface area (Å²) in [6.45, 7) is 2.19. The molecule has 0 N–H and O–H groups in total. The number of rotatable bonds is 6. The number of nitro benzene ring substituents is 1. The van der Waals surface area contributed by atoms with Crippen molar-refractivity contribution in [2.45, 2.75) is 12.6 Å². The number of carbonyl (C=O) groups excluding carboxylic acids is 1. The molecule has 178 valence electrons. The lowest BCUT2D eigenvalue weighted by atomic mass is 9.99. The van der Waals surface area contributed by atoms with E-state index in [4.69, 9.17) is 0 Å². The highest BCUT2D eigenvalue weighted by Crippen LogP contribution is 2.36. The van der Waals surface area contributed by atoms with Crippen molar-refractivity contribution in [3.8, 4) is 0 Å². The molecule has 0 unspecified atom stereocenters. The number of nitro groups is 1. The van der Waals surface area contributed by atoms with Gasteiger partial charge in [0, 0.05) is 56.2 Å². The molecule has 1 heterocycles. The summed E-state index contributed by atoms with van der Waals surface area (Å²) in [7, 11) is 0. The molecule has 1 saturated heterocycles. The maximum Gasteiger partial charge on any atom is 0.416 e. The molecule has 0 radical (unpaired) electrons. The average molecular weight is 475 g/mol. The molecule has 0 aromatic heterocycles. The number of anilines is 1. The van der Waals surface area contributed by atoms with E-state index in [9.17, 15) is 32.5 Å². The van der Waals surface area contributed by atoms with Crippen molar-refractivity contribution >= 4 is 27.9 Å². The molecule has 0 aliphatic carbocycles. The summed E-state index contributed by atoms with van der Waals surface area (Å²) in [5.74, 6) is -0.502. The summed E-state index contributed by atoms with van der Waals surface area (Å²) in [4.78, 5) is 27.1. The Morgan fingerprint density at radius 2 is 1.65 bits per heavy atom. The van der Waals surface area contributed by atoms with Gasteiger partial charge in [0.25, 0.3) is 5.69 Å². The molecule has 34 heavy (non-hydrogen) atoms. The van der Waals surface area contributed by atoms with Crippen LogP contribution in [0.5, 0.6) is 0 Å². The Labute approximate surface area is 192 Å². The van der Waals surface area contributed by atoms with E-state index >= 15 is 0 Å². The molecular formula is C24H21F4N3O3. The molecule has 4 rings (SSSR count). The van der Waals surface area contributed by atoms with E-state index in [1.807, 2.05) is 4.90 Å². The van der Waals surface area contributed by atoms with E-state index in [1.165, 1.54) is 12.1 Å². The van der Waals surface area contributed by atoms with Crippen molar-refractivity contribution in [1.82, 2.24) is 4.90 Å². The number of carbonyl (C=O) groups is 1. The topological polar surface area (TPSA) is 66.7 Å². The first-order valence-electron chi connectivity index (χ1n) is 10.7. The van der Waals surface area contributed by atoms with Crippen LogP contribution in [0.3, 0.4) is 0 Å². The molecule has 1 aliphatic rings. The summed E-state index contributed by atoms with van der Waals surface area (Å²) in [5, 5.41) is 12.3. The zero-order valence-corrected chi connectivity index (χ0v) is 18.0. The number of hydrogen-bond donors (Lipinski definition) is 0. The minimum Gasteiger partial charge on any atom is -0.363 e. The molecule has 0 atom stereocenters. The molecule has 0 spiro atoms. The molecule has 6 nitrogen and oxygen atoms in total. The predicted octanol–water partition coefficient (Wildman–Crippen LogP) is 5.30. The fraction of sp³-hybridized carbons (Fsp3) is 0.292. The van der Waals surface area contributed by atoms with Gasteiger partial charge in [0.2, 0.25) is 0 Å². The molecule has 1 fully saturated rings. The second-order valence-electron chi connectivity index (χ2n) is 8.10. The van der Waals surface area contributed by atoms with Crippen LogP contribution < -0.4 is 4.90 Å². The van der Waals surface area contributed by atoms with Crippen LogP contribution in [0.25, 0.3) is 10.8 Å². The molecule has 10 heteroatoms. The van der Waals surface area contributed by atoms with Gasteiger partial charge in [-0.1, -0.05) is 24.3 Å². The first-order chi connectivity index (χ1) is 16.1. The second kappa shape index (κ2) is 9.38. The lowest BCUT2D eigenvalue weighted by Crippen LogP contribution is -2.47. The maximum absolute atomic E-state index is 14.0. The van der Waals surface area contributed by atoms with E-state index < -0.39 is 22.4 Å². The summed E-state index contributed by atoms with van der Waals surface area (Å²) in [6.07, 6.45) is -4.44. The molecule has 3 aromatic carbocycles. The van der Waals surface area contributed by atoms with Gasteiger partial charge in [0.15, 0.2) is 5.78 Å². The van der Waals surface area contributed by atoms with Crippen molar-refractivity contribution in [1.29, 1.82) is 0 Å². The number of benzene rings is 3. The third-order valence-electron chi connectivity index (χ3n) is 6.04. The van der Waals surface area contributed by atoms with E-state index in [-0.39, 0.29) is 23.7 Å². The van der Waals surface area contributed by atoms with E-state index in [0.29, 0.717) is 55.1 Å². The van der Waals surface area contributed by atoms with Crippen LogP contribution in [0.2, 0.25) is 0 Å². The third-order valence-corrected chi connectivity index (χ3v) is 6.04. The number of ketones is 1. The largest absolute Gasteiger partial charge is 0.416 e. The normalized spacial score (nSPS) is 15.0. The van der Waals surface area contributed by atoms with Crippen LogP contribution in [0.4, 0.5) is 28.9 Å². The number of hydrogen-bond acceptors (Lipinski definition) is 5. The number of halogens is 4. The van der Waals surface area contributed by atoms with E-state index in [1.54, 1.807) is 29.2 Å². The Hall–Kier alpha value is -3.53. The predicted molar refractivity (Wildman–Crippen MR) is 120 cm³/mol. The van der Waals surface area contributed by atoms with Crippen molar-refractivity contribution < 1.29 is 27.3 Å². The Kier molecular flexibility index (Phi) is 6.52. The van der Waals surface area contributed by atoms with Gasteiger partial charge >= 0.3 is 6.18 Å². The smallest absolute Gasteiger partial charge is 0.363 e. The number of alkyl halides is 3. The molecule has 0 saturated carbocycles. The number of Topliss-reactive ketones (excluding diaryl/α,β-unsaturated/α-hetero) is 1. The third kappa shape index (κ3) is 4.86. The van der Waals surface area contributed by atoms with Crippen LogP contribution in [0.1, 0.15) is 22.3 Å².